The fourth-order valence-electron chi connectivity index (χ4n) is 2.64. The van der Waals surface area contributed by atoms with E-state index in [9.17, 15) is 0 Å². The third-order valence-electron chi connectivity index (χ3n) is 3.71. The minimum Gasteiger partial charge on any atom is -0.447 e. The Kier molecular flexibility index (Phi) is 3.24. The third kappa shape index (κ3) is 2.13. The molecule has 0 fully saturated rings. The summed E-state index contributed by atoms with van der Waals surface area (Å²) in [6, 6.07) is 25.2. The largest absolute Gasteiger partial charge is 0.447 e. The summed E-state index contributed by atoms with van der Waals surface area (Å²) in [6.45, 7) is 3.83. The second kappa shape index (κ2) is 5.39. The number of ether oxygens (including phenoxy) is 1. The fraction of sp³-hybridized carbons (Fsp3) is 0. The summed E-state index contributed by atoms with van der Waals surface area (Å²) in [5.41, 5.74) is 1.14. The SMILES string of the molecule is C=Cc1ccc([S+]2c3ccccc3Oc3ccccc32)cc1. The van der Waals surface area contributed by atoms with E-state index in [0.29, 0.717) is 0 Å². The van der Waals surface area contributed by atoms with Crippen LogP contribution in [0.4, 0.5) is 0 Å². The molecule has 2 heteroatoms. The van der Waals surface area contributed by atoms with Crippen molar-refractivity contribution in [3.8, 4) is 11.5 Å². The van der Waals surface area contributed by atoms with Gasteiger partial charge in [-0.1, -0.05) is 36.9 Å². The van der Waals surface area contributed by atoms with Gasteiger partial charge in [0.15, 0.2) is 16.4 Å². The fourth-order valence-corrected chi connectivity index (χ4v) is 4.84. The van der Waals surface area contributed by atoms with Gasteiger partial charge in [0.05, 0.1) is 0 Å². The van der Waals surface area contributed by atoms with Crippen molar-refractivity contribution in [1.29, 1.82) is 0 Å². The monoisotopic (exact) mass is 303 g/mol. The van der Waals surface area contributed by atoms with Crippen LogP contribution in [0.25, 0.3) is 6.08 Å². The number of hydrogen-bond acceptors (Lipinski definition) is 1. The van der Waals surface area contributed by atoms with Crippen molar-refractivity contribution in [2.24, 2.45) is 0 Å². The lowest BCUT2D eigenvalue weighted by molar-refractivity contribution is 0.453. The van der Waals surface area contributed by atoms with Gasteiger partial charge in [-0.05, 0) is 54.1 Å². The van der Waals surface area contributed by atoms with Gasteiger partial charge in [0.25, 0.3) is 0 Å². The Labute approximate surface area is 133 Å². The van der Waals surface area contributed by atoms with Crippen LogP contribution in [0.2, 0.25) is 0 Å². The van der Waals surface area contributed by atoms with E-state index < -0.39 is 0 Å². The summed E-state index contributed by atoms with van der Waals surface area (Å²) in [6.07, 6.45) is 1.87. The van der Waals surface area contributed by atoms with Gasteiger partial charge in [0, 0.05) is 0 Å². The Morgan fingerprint density at radius 2 is 1.27 bits per heavy atom. The third-order valence-corrected chi connectivity index (χ3v) is 6.01. The standard InChI is InChI=1S/C20H15OS/c1-2-15-11-13-16(14-12-15)22-19-9-5-3-7-17(19)21-18-8-4-6-10-20(18)22/h2-14H,1H2/q+1. The van der Waals surface area contributed by atoms with E-state index in [4.69, 9.17) is 4.74 Å². The molecule has 0 unspecified atom stereocenters. The van der Waals surface area contributed by atoms with Crippen LogP contribution in [-0.4, -0.2) is 0 Å². The smallest absolute Gasteiger partial charge is 0.209 e. The molecule has 0 saturated carbocycles. The summed E-state index contributed by atoms with van der Waals surface area (Å²) in [5, 5.41) is 0. The average Bonchev–Trinajstić information content (AvgIpc) is 2.60. The van der Waals surface area contributed by atoms with Crippen LogP contribution < -0.4 is 4.74 Å². The van der Waals surface area contributed by atoms with E-state index in [1.807, 2.05) is 30.3 Å². The normalized spacial score (nSPS) is 12.9. The lowest BCUT2D eigenvalue weighted by atomic mass is 10.2. The molecule has 0 aliphatic carbocycles. The Hall–Kier alpha value is -2.45. The highest BCUT2D eigenvalue weighted by Gasteiger charge is 2.38. The molecule has 0 bridgehead atoms. The van der Waals surface area contributed by atoms with Crippen molar-refractivity contribution in [2.45, 2.75) is 14.7 Å². The molecule has 0 spiro atoms. The maximum Gasteiger partial charge on any atom is 0.209 e. The number of fused-ring (bicyclic) bond motifs is 2. The van der Waals surface area contributed by atoms with Gasteiger partial charge in [0.2, 0.25) is 9.79 Å². The van der Waals surface area contributed by atoms with Crippen molar-refractivity contribution in [3.05, 3.63) is 84.9 Å². The van der Waals surface area contributed by atoms with Crippen molar-refractivity contribution in [3.63, 3.8) is 0 Å². The molecule has 0 aromatic heterocycles. The minimum atomic E-state index is -0.127. The van der Waals surface area contributed by atoms with Gasteiger partial charge in [-0.3, -0.25) is 0 Å². The first kappa shape index (κ1) is 13.2. The average molecular weight is 303 g/mol. The van der Waals surface area contributed by atoms with Gasteiger partial charge in [-0.25, -0.2) is 0 Å². The lowest BCUT2D eigenvalue weighted by Crippen LogP contribution is -2.12. The molecule has 1 nitrogen and oxygen atoms in total. The molecule has 0 N–H and O–H groups in total. The van der Waals surface area contributed by atoms with Crippen molar-refractivity contribution in [1.82, 2.24) is 0 Å². The molecule has 1 heterocycles. The van der Waals surface area contributed by atoms with Crippen LogP contribution in [0.3, 0.4) is 0 Å². The quantitative estimate of drug-likeness (QED) is 0.442. The second-order valence-corrected chi connectivity index (χ2v) is 7.04. The predicted molar refractivity (Wildman–Crippen MR) is 91.7 cm³/mol. The number of benzene rings is 3. The summed E-state index contributed by atoms with van der Waals surface area (Å²) >= 11 is 0. The zero-order valence-corrected chi connectivity index (χ0v) is 12.8. The van der Waals surface area contributed by atoms with Crippen molar-refractivity contribution in [2.75, 3.05) is 0 Å². The van der Waals surface area contributed by atoms with Crippen molar-refractivity contribution < 1.29 is 4.74 Å². The number of rotatable bonds is 2. The first-order valence-corrected chi connectivity index (χ1v) is 8.42. The Bertz CT molecular complexity index is 791. The predicted octanol–water partition coefficient (Wildman–Crippen LogP) is 5.53. The number of para-hydroxylation sites is 2. The molecule has 22 heavy (non-hydrogen) atoms. The Morgan fingerprint density at radius 1 is 0.727 bits per heavy atom. The molecule has 0 radical (unpaired) electrons. The van der Waals surface area contributed by atoms with E-state index in [1.165, 1.54) is 14.7 Å². The highest BCUT2D eigenvalue weighted by molar-refractivity contribution is 7.97. The Morgan fingerprint density at radius 3 is 1.82 bits per heavy atom. The van der Waals surface area contributed by atoms with E-state index in [0.717, 1.165) is 17.1 Å². The number of hydrogen-bond donors (Lipinski definition) is 0. The highest BCUT2D eigenvalue weighted by atomic mass is 32.2. The summed E-state index contributed by atoms with van der Waals surface area (Å²) in [5.74, 6) is 1.91. The molecule has 3 aromatic carbocycles. The van der Waals surface area contributed by atoms with Gasteiger partial charge in [0.1, 0.15) is 10.9 Å². The summed E-state index contributed by atoms with van der Waals surface area (Å²) in [7, 11) is -0.127. The molecule has 1 aliphatic rings. The maximum absolute atomic E-state index is 6.06. The van der Waals surface area contributed by atoms with E-state index in [-0.39, 0.29) is 10.9 Å². The van der Waals surface area contributed by atoms with Gasteiger partial charge >= 0.3 is 0 Å². The maximum atomic E-state index is 6.06. The van der Waals surface area contributed by atoms with Crippen LogP contribution in [0.5, 0.6) is 11.5 Å². The van der Waals surface area contributed by atoms with E-state index >= 15 is 0 Å². The molecule has 3 aromatic rings. The Balaban J connectivity index is 1.92. The topological polar surface area (TPSA) is 9.23 Å². The molecular weight excluding hydrogens is 288 g/mol. The van der Waals surface area contributed by atoms with E-state index in [1.54, 1.807) is 0 Å². The lowest BCUT2D eigenvalue weighted by Gasteiger charge is -2.19. The summed E-state index contributed by atoms with van der Waals surface area (Å²) in [4.78, 5) is 3.79. The van der Waals surface area contributed by atoms with Crippen molar-refractivity contribution >= 4 is 17.0 Å². The zero-order chi connectivity index (χ0) is 14.9. The van der Waals surface area contributed by atoms with Crippen LogP contribution in [0, 0.1) is 0 Å². The molecule has 106 valence electrons. The first-order valence-electron chi connectivity index (χ1n) is 7.19. The van der Waals surface area contributed by atoms with Gasteiger partial charge in [-0.2, -0.15) is 0 Å². The summed E-state index contributed by atoms with van der Waals surface area (Å²) < 4.78 is 6.06. The molecule has 4 rings (SSSR count). The van der Waals surface area contributed by atoms with Crippen LogP contribution >= 0.6 is 0 Å². The molecular formula is C20H15OS+. The molecule has 1 aliphatic heterocycles. The molecule has 0 saturated heterocycles. The first-order chi connectivity index (χ1) is 10.9. The minimum absolute atomic E-state index is 0.127. The van der Waals surface area contributed by atoms with Crippen LogP contribution in [0.1, 0.15) is 5.56 Å². The molecule has 0 atom stereocenters. The molecule has 0 amide bonds. The van der Waals surface area contributed by atoms with Crippen LogP contribution in [-0.2, 0) is 10.9 Å². The zero-order valence-electron chi connectivity index (χ0n) is 12.0. The van der Waals surface area contributed by atoms with E-state index in [2.05, 4.69) is 55.1 Å². The highest BCUT2D eigenvalue weighted by Crippen LogP contribution is 2.46. The van der Waals surface area contributed by atoms with Gasteiger partial charge < -0.3 is 4.74 Å². The van der Waals surface area contributed by atoms with Gasteiger partial charge in [-0.15, -0.1) is 0 Å². The van der Waals surface area contributed by atoms with Crippen LogP contribution in [0.15, 0.2) is 94.1 Å². The second-order valence-electron chi connectivity index (χ2n) is 5.07.